The molecular formula is C19H26N2S. The van der Waals surface area contributed by atoms with E-state index in [-0.39, 0.29) is 0 Å². The summed E-state index contributed by atoms with van der Waals surface area (Å²) in [5.74, 6) is 1.81. The molecule has 1 aromatic carbocycles. The first-order valence-electron chi connectivity index (χ1n) is 8.68. The van der Waals surface area contributed by atoms with Gasteiger partial charge in [0.15, 0.2) is 0 Å². The van der Waals surface area contributed by atoms with Gasteiger partial charge in [0.1, 0.15) is 0 Å². The molecule has 118 valence electrons. The van der Waals surface area contributed by atoms with Crippen LogP contribution in [0.25, 0.3) is 0 Å². The third-order valence-corrected chi connectivity index (χ3v) is 6.79. The molecule has 1 fully saturated rings. The number of benzene rings is 1. The Hall–Kier alpha value is -0.800. The standard InChI is InChI=1S/C19H26N2S/c1-19(2)8-3-4-13-10-14(5-6-16(13)19)17-12-22-18(21-17)15-7-9-20-11-15/h5-6,10,15,17,20H,3-4,7-9,11-12H2,1-2H3. The van der Waals surface area contributed by atoms with Gasteiger partial charge in [-0.3, -0.25) is 4.99 Å². The predicted octanol–water partition coefficient (Wildman–Crippen LogP) is 4.10. The van der Waals surface area contributed by atoms with Crippen LogP contribution < -0.4 is 5.32 Å². The van der Waals surface area contributed by atoms with E-state index in [4.69, 9.17) is 4.99 Å². The second kappa shape index (κ2) is 5.68. The SMILES string of the molecule is CC1(C)CCCc2cc(C3CSC(C4CCNC4)=N3)ccc21. The highest BCUT2D eigenvalue weighted by Gasteiger charge is 2.30. The third-order valence-electron chi connectivity index (χ3n) is 5.57. The van der Waals surface area contributed by atoms with Crippen molar-refractivity contribution in [1.82, 2.24) is 5.32 Å². The lowest BCUT2D eigenvalue weighted by Crippen LogP contribution is -2.23. The van der Waals surface area contributed by atoms with Crippen LogP contribution in [0.1, 0.15) is 55.8 Å². The lowest BCUT2D eigenvalue weighted by atomic mass is 9.72. The van der Waals surface area contributed by atoms with E-state index in [1.807, 2.05) is 11.8 Å². The number of thioether (sulfide) groups is 1. The van der Waals surface area contributed by atoms with Gasteiger partial charge in [0.25, 0.3) is 0 Å². The van der Waals surface area contributed by atoms with Crippen LogP contribution in [0.5, 0.6) is 0 Å². The maximum absolute atomic E-state index is 5.07. The van der Waals surface area contributed by atoms with Gasteiger partial charge in [-0.2, -0.15) is 0 Å². The predicted molar refractivity (Wildman–Crippen MR) is 96.0 cm³/mol. The fraction of sp³-hybridized carbons (Fsp3) is 0.632. The Kier molecular flexibility index (Phi) is 3.82. The van der Waals surface area contributed by atoms with Crippen LogP contribution in [0.15, 0.2) is 23.2 Å². The van der Waals surface area contributed by atoms with Gasteiger partial charge in [0, 0.05) is 18.2 Å². The van der Waals surface area contributed by atoms with Crippen LogP contribution in [0, 0.1) is 5.92 Å². The molecule has 1 aliphatic carbocycles. The largest absolute Gasteiger partial charge is 0.316 e. The highest BCUT2D eigenvalue weighted by atomic mass is 32.2. The number of aryl methyl sites for hydroxylation is 1. The van der Waals surface area contributed by atoms with E-state index in [2.05, 4.69) is 37.4 Å². The lowest BCUT2D eigenvalue weighted by molar-refractivity contribution is 0.431. The summed E-state index contributed by atoms with van der Waals surface area (Å²) in [4.78, 5) is 5.07. The Balaban J connectivity index is 1.59. The van der Waals surface area contributed by atoms with E-state index in [0.717, 1.165) is 18.8 Å². The normalized spacial score (nSPS) is 30.2. The molecule has 22 heavy (non-hydrogen) atoms. The van der Waals surface area contributed by atoms with Crippen LogP contribution in [0.3, 0.4) is 0 Å². The van der Waals surface area contributed by atoms with Crippen molar-refractivity contribution in [3.63, 3.8) is 0 Å². The number of nitrogens with one attached hydrogen (secondary N) is 1. The van der Waals surface area contributed by atoms with Crippen molar-refractivity contribution in [2.24, 2.45) is 10.9 Å². The second-order valence-electron chi connectivity index (χ2n) is 7.64. The fourth-order valence-corrected chi connectivity index (χ4v) is 5.43. The van der Waals surface area contributed by atoms with Crippen molar-refractivity contribution >= 4 is 16.8 Å². The molecule has 2 aliphatic heterocycles. The summed E-state index contributed by atoms with van der Waals surface area (Å²) in [6.45, 7) is 7.05. The minimum Gasteiger partial charge on any atom is -0.316 e. The Morgan fingerprint density at radius 3 is 3.05 bits per heavy atom. The molecule has 2 heterocycles. The van der Waals surface area contributed by atoms with Gasteiger partial charge in [-0.1, -0.05) is 32.0 Å². The molecule has 2 atom stereocenters. The maximum atomic E-state index is 5.07. The first kappa shape index (κ1) is 14.8. The smallest absolute Gasteiger partial charge is 0.0853 e. The number of nitrogens with zero attached hydrogens (tertiary/aromatic N) is 1. The number of fused-ring (bicyclic) bond motifs is 1. The Morgan fingerprint density at radius 2 is 2.23 bits per heavy atom. The molecule has 3 aliphatic rings. The summed E-state index contributed by atoms with van der Waals surface area (Å²) in [7, 11) is 0. The first-order valence-corrected chi connectivity index (χ1v) is 9.66. The molecule has 0 saturated carbocycles. The van der Waals surface area contributed by atoms with Crippen molar-refractivity contribution < 1.29 is 0 Å². The van der Waals surface area contributed by atoms with Gasteiger partial charge < -0.3 is 5.32 Å². The fourth-order valence-electron chi connectivity index (χ4n) is 4.20. The van der Waals surface area contributed by atoms with Gasteiger partial charge in [-0.05, 0) is 54.3 Å². The van der Waals surface area contributed by atoms with Gasteiger partial charge >= 0.3 is 0 Å². The molecule has 1 saturated heterocycles. The molecule has 2 unspecified atom stereocenters. The molecule has 0 radical (unpaired) electrons. The van der Waals surface area contributed by atoms with Crippen molar-refractivity contribution in [3.8, 4) is 0 Å². The monoisotopic (exact) mass is 314 g/mol. The summed E-state index contributed by atoms with van der Waals surface area (Å²) in [6.07, 6.45) is 5.15. The molecule has 4 rings (SSSR count). The quantitative estimate of drug-likeness (QED) is 0.889. The minimum absolute atomic E-state index is 0.348. The minimum atomic E-state index is 0.348. The van der Waals surface area contributed by atoms with E-state index in [9.17, 15) is 0 Å². The Bertz CT molecular complexity index is 599. The van der Waals surface area contributed by atoms with E-state index >= 15 is 0 Å². The molecule has 2 nitrogen and oxygen atoms in total. The molecule has 0 amide bonds. The van der Waals surface area contributed by atoms with Crippen LogP contribution in [0.2, 0.25) is 0 Å². The molecule has 0 aromatic heterocycles. The maximum Gasteiger partial charge on any atom is 0.0853 e. The van der Waals surface area contributed by atoms with Crippen LogP contribution in [-0.4, -0.2) is 23.9 Å². The number of hydrogen-bond donors (Lipinski definition) is 1. The summed E-state index contributed by atoms with van der Waals surface area (Å²) in [5.41, 5.74) is 4.92. The van der Waals surface area contributed by atoms with Gasteiger partial charge in [0.2, 0.25) is 0 Å². The van der Waals surface area contributed by atoms with Gasteiger partial charge in [0.05, 0.1) is 11.1 Å². The molecule has 1 N–H and O–H groups in total. The van der Waals surface area contributed by atoms with Crippen LogP contribution >= 0.6 is 11.8 Å². The van der Waals surface area contributed by atoms with Gasteiger partial charge in [-0.15, -0.1) is 11.8 Å². The number of aliphatic imine (C=N–C) groups is 1. The van der Waals surface area contributed by atoms with Gasteiger partial charge in [-0.25, -0.2) is 0 Å². The first-order chi connectivity index (χ1) is 10.6. The lowest BCUT2D eigenvalue weighted by Gasteiger charge is -2.33. The highest BCUT2D eigenvalue weighted by molar-refractivity contribution is 8.14. The van der Waals surface area contributed by atoms with E-state index in [1.54, 1.807) is 11.1 Å². The molecule has 0 bridgehead atoms. The summed E-state index contributed by atoms with van der Waals surface area (Å²) < 4.78 is 0. The second-order valence-corrected chi connectivity index (χ2v) is 8.68. The van der Waals surface area contributed by atoms with E-state index in [1.165, 1.54) is 36.3 Å². The average molecular weight is 314 g/mol. The summed E-state index contributed by atoms with van der Waals surface area (Å²) in [5, 5.41) is 4.86. The van der Waals surface area contributed by atoms with Crippen LogP contribution in [0.4, 0.5) is 0 Å². The van der Waals surface area contributed by atoms with Crippen molar-refractivity contribution in [2.75, 3.05) is 18.8 Å². The zero-order chi connectivity index (χ0) is 15.2. The zero-order valence-corrected chi connectivity index (χ0v) is 14.5. The highest BCUT2D eigenvalue weighted by Crippen LogP contribution is 2.40. The molecule has 1 aromatic rings. The molecule has 3 heteroatoms. The van der Waals surface area contributed by atoms with E-state index in [0.29, 0.717) is 17.4 Å². The molecule has 0 spiro atoms. The zero-order valence-electron chi connectivity index (χ0n) is 13.7. The summed E-state index contributed by atoms with van der Waals surface area (Å²) in [6, 6.07) is 7.58. The topological polar surface area (TPSA) is 24.4 Å². The summed E-state index contributed by atoms with van der Waals surface area (Å²) >= 11 is 1.99. The third kappa shape index (κ3) is 2.63. The van der Waals surface area contributed by atoms with Crippen LogP contribution in [-0.2, 0) is 11.8 Å². The van der Waals surface area contributed by atoms with Crippen molar-refractivity contribution in [1.29, 1.82) is 0 Å². The Labute approximate surface area is 138 Å². The van der Waals surface area contributed by atoms with Crippen molar-refractivity contribution in [3.05, 3.63) is 34.9 Å². The average Bonchev–Trinajstić information content (AvgIpc) is 3.18. The molecular weight excluding hydrogens is 288 g/mol. The number of hydrogen-bond acceptors (Lipinski definition) is 3. The van der Waals surface area contributed by atoms with E-state index < -0.39 is 0 Å². The van der Waals surface area contributed by atoms with Crippen molar-refractivity contribution in [2.45, 2.75) is 51.0 Å². The number of rotatable bonds is 2. The Morgan fingerprint density at radius 1 is 1.32 bits per heavy atom.